The summed E-state index contributed by atoms with van der Waals surface area (Å²) in [6.45, 7) is 7.03. The molecule has 0 rings (SSSR count). The van der Waals surface area contributed by atoms with E-state index in [0.29, 0.717) is 6.42 Å². The highest BCUT2D eigenvalue weighted by atomic mass is 28.3. The first-order valence-corrected chi connectivity index (χ1v) is 7.85. The van der Waals surface area contributed by atoms with Crippen molar-refractivity contribution < 1.29 is 4.79 Å². The SMILES string of the molecule is C[Si](C)(C)C/C=C/CCC=O. The normalized spacial score (nSPS) is 12.3. The van der Waals surface area contributed by atoms with Crippen LogP contribution in [0.15, 0.2) is 12.2 Å². The average Bonchev–Trinajstić information content (AvgIpc) is 1.85. The van der Waals surface area contributed by atoms with Crippen molar-refractivity contribution in [1.29, 1.82) is 0 Å². The van der Waals surface area contributed by atoms with Crippen LogP contribution in [0.5, 0.6) is 0 Å². The zero-order chi connectivity index (χ0) is 8.74. The van der Waals surface area contributed by atoms with Gasteiger partial charge in [0.05, 0.1) is 0 Å². The molecule has 64 valence electrons. The lowest BCUT2D eigenvalue weighted by Crippen LogP contribution is -2.17. The van der Waals surface area contributed by atoms with Crippen molar-refractivity contribution in [2.75, 3.05) is 0 Å². The van der Waals surface area contributed by atoms with E-state index in [2.05, 4.69) is 31.8 Å². The van der Waals surface area contributed by atoms with Crippen LogP contribution >= 0.6 is 0 Å². The Balaban J connectivity index is 3.37. The van der Waals surface area contributed by atoms with E-state index < -0.39 is 8.07 Å². The Morgan fingerprint density at radius 1 is 1.09 bits per heavy atom. The van der Waals surface area contributed by atoms with Gasteiger partial charge in [-0.1, -0.05) is 31.8 Å². The summed E-state index contributed by atoms with van der Waals surface area (Å²) in [5.41, 5.74) is 0. The van der Waals surface area contributed by atoms with Crippen LogP contribution < -0.4 is 0 Å². The molecule has 0 aromatic heterocycles. The molecule has 11 heavy (non-hydrogen) atoms. The van der Waals surface area contributed by atoms with Crippen LogP contribution in [0.3, 0.4) is 0 Å². The lowest BCUT2D eigenvalue weighted by molar-refractivity contribution is -0.107. The van der Waals surface area contributed by atoms with Crippen LogP contribution in [0.4, 0.5) is 0 Å². The summed E-state index contributed by atoms with van der Waals surface area (Å²) >= 11 is 0. The van der Waals surface area contributed by atoms with Gasteiger partial charge in [0.2, 0.25) is 0 Å². The average molecular weight is 170 g/mol. The number of allylic oxidation sites excluding steroid dienone is 2. The van der Waals surface area contributed by atoms with Crippen molar-refractivity contribution >= 4 is 14.4 Å². The molecule has 0 unspecified atom stereocenters. The summed E-state index contributed by atoms with van der Waals surface area (Å²) in [5, 5.41) is 0. The number of carbonyl (C=O) groups excluding carboxylic acids is 1. The Labute approximate surface area is 70.5 Å². The molecule has 0 aliphatic rings. The fraction of sp³-hybridized carbons (Fsp3) is 0.667. The molecule has 0 aliphatic carbocycles. The van der Waals surface area contributed by atoms with Crippen molar-refractivity contribution in [3.05, 3.63) is 12.2 Å². The van der Waals surface area contributed by atoms with Crippen LogP contribution in [0.1, 0.15) is 12.8 Å². The highest BCUT2D eigenvalue weighted by Gasteiger charge is 2.08. The van der Waals surface area contributed by atoms with Gasteiger partial charge in [-0.05, 0) is 12.5 Å². The molecular weight excluding hydrogens is 152 g/mol. The van der Waals surface area contributed by atoms with E-state index in [4.69, 9.17) is 0 Å². The minimum atomic E-state index is -0.893. The molecule has 0 saturated carbocycles. The van der Waals surface area contributed by atoms with Gasteiger partial charge in [0.25, 0.3) is 0 Å². The van der Waals surface area contributed by atoms with Gasteiger partial charge in [0, 0.05) is 14.5 Å². The van der Waals surface area contributed by atoms with Crippen LogP contribution in [0.25, 0.3) is 0 Å². The molecular formula is C9H18OSi. The minimum Gasteiger partial charge on any atom is -0.303 e. The minimum absolute atomic E-state index is 0.669. The first-order chi connectivity index (χ1) is 5.06. The second kappa shape index (κ2) is 5.30. The standard InChI is InChI=1S/C9H18OSi/c1-11(2,3)9-7-5-4-6-8-10/h5,7-8H,4,6,9H2,1-3H3/b7-5+. The van der Waals surface area contributed by atoms with Crippen molar-refractivity contribution in [2.45, 2.75) is 38.5 Å². The predicted octanol–water partition coefficient (Wildman–Crippen LogP) is 2.86. The lowest BCUT2D eigenvalue weighted by atomic mass is 10.3. The fourth-order valence-corrected chi connectivity index (χ4v) is 1.59. The number of aldehydes is 1. The number of hydrogen-bond donors (Lipinski definition) is 0. The quantitative estimate of drug-likeness (QED) is 0.268. The molecule has 1 nitrogen and oxygen atoms in total. The monoisotopic (exact) mass is 170 g/mol. The topological polar surface area (TPSA) is 17.1 Å². The highest BCUT2D eigenvalue weighted by molar-refractivity contribution is 6.76. The lowest BCUT2D eigenvalue weighted by Gasteiger charge is -2.11. The number of rotatable bonds is 5. The van der Waals surface area contributed by atoms with E-state index in [0.717, 1.165) is 12.7 Å². The van der Waals surface area contributed by atoms with Crippen molar-refractivity contribution in [1.82, 2.24) is 0 Å². The number of unbranched alkanes of at least 4 members (excludes halogenated alkanes) is 1. The molecule has 0 spiro atoms. The van der Waals surface area contributed by atoms with E-state index in [1.54, 1.807) is 0 Å². The summed E-state index contributed by atoms with van der Waals surface area (Å²) < 4.78 is 0. The van der Waals surface area contributed by atoms with Gasteiger partial charge in [-0.2, -0.15) is 0 Å². The Hall–Kier alpha value is -0.373. The third-order valence-electron chi connectivity index (χ3n) is 1.35. The molecule has 0 aromatic rings. The third kappa shape index (κ3) is 9.63. The van der Waals surface area contributed by atoms with Gasteiger partial charge in [0.1, 0.15) is 6.29 Å². The number of carbonyl (C=O) groups is 1. The van der Waals surface area contributed by atoms with E-state index >= 15 is 0 Å². The van der Waals surface area contributed by atoms with Crippen LogP contribution in [0, 0.1) is 0 Å². The van der Waals surface area contributed by atoms with Crippen LogP contribution in [0.2, 0.25) is 25.7 Å². The fourth-order valence-electron chi connectivity index (χ4n) is 0.719. The molecule has 0 aromatic carbocycles. The predicted molar refractivity (Wildman–Crippen MR) is 52.6 cm³/mol. The van der Waals surface area contributed by atoms with Gasteiger partial charge in [-0.3, -0.25) is 0 Å². The van der Waals surface area contributed by atoms with Crippen molar-refractivity contribution in [3.8, 4) is 0 Å². The van der Waals surface area contributed by atoms with Gasteiger partial charge in [-0.25, -0.2) is 0 Å². The molecule has 0 radical (unpaired) electrons. The van der Waals surface area contributed by atoms with Crippen molar-refractivity contribution in [2.24, 2.45) is 0 Å². The zero-order valence-electron chi connectivity index (χ0n) is 7.76. The smallest absolute Gasteiger partial charge is 0.120 e. The van der Waals surface area contributed by atoms with E-state index in [1.165, 1.54) is 6.04 Å². The second-order valence-corrected chi connectivity index (χ2v) is 9.51. The van der Waals surface area contributed by atoms with E-state index in [1.807, 2.05) is 0 Å². The van der Waals surface area contributed by atoms with Gasteiger partial charge in [0.15, 0.2) is 0 Å². The largest absolute Gasteiger partial charge is 0.303 e. The van der Waals surface area contributed by atoms with Gasteiger partial charge < -0.3 is 4.79 Å². The van der Waals surface area contributed by atoms with Crippen LogP contribution in [-0.2, 0) is 4.79 Å². The van der Waals surface area contributed by atoms with Gasteiger partial charge >= 0.3 is 0 Å². The number of hydrogen-bond acceptors (Lipinski definition) is 1. The summed E-state index contributed by atoms with van der Waals surface area (Å²) in [6, 6.07) is 1.23. The first-order valence-electron chi connectivity index (χ1n) is 4.15. The third-order valence-corrected chi connectivity index (χ3v) is 2.81. The molecule has 0 heterocycles. The molecule has 0 N–H and O–H groups in total. The summed E-state index contributed by atoms with van der Waals surface area (Å²) in [7, 11) is -0.893. The Kier molecular flexibility index (Phi) is 5.12. The maximum atomic E-state index is 9.94. The molecule has 0 saturated heterocycles. The van der Waals surface area contributed by atoms with Crippen LogP contribution in [-0.4, -0.2) is 14.4 Å². The zero-order valence-corrected chi connectivity index (χ0v) is 8.76. The first kappa shape index (κ1) is 10.6. The Morgan fingerprint density at radius 2 is 1.73 bits per heavy atom. The molecule has 0 atom stereocenters. The van der Waals surface area contributed by atoms with E-state index in [-0.39, 0.29) is 0 Å². The summed E-state index contributed by atoms with van der Waals surface area (Å²) in [4.78, 5) is 9.94. The summed E-state index contributed by atoms with van der Waals surface area (Å²) in [5.74, 6) is 0. The molecule has 0 aliphatic heterocycles. The second-order valence-electron chi connectivity index (χ2n) is 3.98. The summed E-state index contributed by atoms with van der Waals surface area (Å²) in [6.07, 6.45) is 6.89. The van der Waals surface area contributed by atoms with Gasteiger partial charge in [-0.15, -0.1) is 0 Å². The van der Waals surface area contributed by atoms with E-state index in [9.17, 15) is 4.79 Å². The Morgan fingerprint density at radius 3 is 2.18 bits per heavy atom. The Bertz CT molecular complexity index is 133. The molecule has 0 bridgehead atoms. The molecule has 0 fully saturated rings. The maximum absolute atomic E-state index is 9.94. The molecule has 0 amide bonds. The maximum Gasteiger partial charge on any atom is 0.120 e. The van der Waals surface area contributed by atoms with Crippen molar-refractivity contribution in [3.63, 3.8) is 0 Å². The highest BCUT2D eigenvalue weighted by Crippen LogP contribution is 2.08. The molecule has 2 heteroatoms.